The molecule has 4 nitrogen and oxygen atoms in total. The molecule has 0 bridgehead atoms. The van der Waals surface area contributed by atoms with E-state index in [1.165, 1.54) is 0 Å². The number of nitrogens with one attached hydrogen (secondary N) is 1. The average Bonchev–Trinajstić information content (AvgIpc) is 2.76. The SMILES string of the molecule is Cc1cnccc1CNc1nc(C(F)(F)F)ns1. The zero-order valence-corrected chi connectivity index (χ0v) is 10.1. The number of nitrogens with zero attached hydrogens (tertiary/aromatic N) is 3. The van der Waals surface area contributed by atoms with Crippen LogP contribution in [0.4, 0.5) is 18.3 Å². The van der Waals surface area contributed by atoms with E-state index in [1.807, 2.05) is 6.92 Å². The summed E-state index contributed by atoms with van der Waals surface area (Å²) in [6, 6.07) is 1.80. The highest BCUT2D eigenvalue weighted by Crippen LogP contribution is 2.29. The molecule has 0 aliphatic carbocycles. The van der Waals surface area contributed by atoms with Crippen molar-refractivity contribution in [1.82, 2.24) is 14.3 Å². The first-order valence-corrected chi connectivity index (χ1v) is 5.78. The Morgan fingerprint density at radius 2 is 2.17 bits per heavy atom. The molecule has 0 saturated heterocycles. The largest absolute Gasteiger partial charge is 0.452 e. The molecule has 0 saturated carbocycles. The summed E-state index contributed by atoms with van der Waals surface area (Å²) in [4.78, 5) is 7.32. The molecule has 0 atom stereocenters. The third-order valence-corrected chi connectivity index (χ3v) is 2.92. The van der Waals surface area contributed by atoms with E-state index in [9.17, 15) is 13.2 Å². The molecule has 2 aromatic rings. The number of aromatic nitrogens is 3. The van der Waals surface area contributed by atoms with Gasteiger partial charge in [0.25, 0.3) is 0 Å². The van der Waals surface area contributed by atoms with Crippen LogP contribution < -0.4 is 5.32 Å². The second kappa shape index (κ2) is 4.89. The number of halogens is 3. The summed E-state index contributed by atoms with van der Waals surface area (Å²) in [6.45, 7) is 2.27. The first kappa shape index (κ1) is 12.7. The fourth-order valence-electron chi connectivity index (χ4n) is 1.28. The second-order valence-corrected chi connectivity index (χ2v) is 4.33. The first-order chi connectivity index (χ1) is 8.47. The predicted molar refractivity (Wildman–Crippen MR) is 61.2 cm³/mol. The van der Waals surface area contributed by atoms with Gasteiger partial charge in [0.2, 0.25) is 11.0 Å². The highest BCUT2D eigenvalue weighted by Gasteiger charge is 2.36. The van der Waals surface area contributed by atoms with Crippen molar-refractivity contribution >= 4 is 16.7 Å². The topological polar surface area (TPSA) is 50.7 Å². The highest BCUT2D eigenvalue weighted by atomic mass is 32.1. The Morgan fingerprint density at radius 1 is 1.39 bits per heavy atom. The molecule has 0 aromatic carbocycles. The van der Waals surface area contributed by atoms with Gasteiger partial charge in [0, 0.05) is 30.5 Å². The van der Waals surface area contributed by atoms with Crippen molar-refractivity contribution in [3.8, 4) is 0 Å². The molecule has 0 unspecified atom stereocenters. The number of anilines is 1. The van der Waals surface area contributed by atoms with Crippen LogP contribution >= 0.6 is 11.5 Å². The molecule has 0 aliphatic heterocycles. The molecule has 0 fully saturated rings. The standard InChI is InChI=1S/C10H9F3N4S/c1-6-4-14-3-2-7(6)5-15-9-16-8(17-18-9)10(11,12)13/h2-4H,5H2,1H3,(H,15,16,17). The second-order valence-electron chi connectivity index (χ2n) is 3.58. The van der Waals surface area contributed by atoms with Gasteiger partial charge in [-0.05, 0) is 24.1 Å². The minimum atomic E-state index is -4.50. The normalized spacial score (nSPS) is 11.6. The molecule has 2 heterocycles. The van der Waals surface area contributed by atoms with Crippen LogP contribution in [0.1, 0.15) is 17.0 Å². The van der Waals surface area contributed by atoms with Gasteiger partial charge < -0.3 is 5.32 Å². The molecule has 18 heavy (non-hydrogen) atoms. The van der Waals surface area contributed by atoms with Gasteiger partial charge in [0.15, 0.2) is 0 Å². The van der Waals surface area contributed by atoms with Gasteiger partial charge in [-0.25, -0.2) is 0 Å². The quantitative estimate of drug-likeness (QED) is 0.935. The molecular weight excluding hydrogens is 265 g/mol. The molecule has 2 aromatic heterocycles. The lowest BCUT2D eigenvalue weighted by Gasteiger charge is -2.05. The van der Waals surface area contributed by atoms with Crippen LogP contribution in [0.3, 0.4) is 0 Å². The Balaban J connectivity index is 2.03. The van der Waals surface area contributed by atoms with Gasteiger partial charge in [0.1, 0.15) is 0 Å². The average molecular weight is 274 g/mol. The van der Waals surface area contributed by atoms with Crippen LogP contribution in [0.25, 0.3) is 0 Å². The van der Waals surface area contributed by atoms with Crippen LogP contribution in [0.5, 0.6) is 0 Å². The molecule has 0 radical (unpaired) electrons. The Kier molecular flexibility index (Phi) is 3.46. The lowest BCUT2D eigenvalue weighted by atomic mass is 10.2. The fourth-order valence-corrected chi connectivity index (χ4v) is 1.86. The van der Waals surface area contributed by atoms with E-state index < -0.39 is 12.0 Å². The van der Waals surface area contributed by atoms with Crippen molar-refractivity contribution in [3.05, 3.63) is 35.4 Å². The lowest BCUT2D eigenvalue weighted by molar-refractivity contribution is -0.144. The number of pyridine rings is 1. The monoisotopic (exact) mass is 274 g/mol. The summed E-state index contributed by atoms with van der Waals surface area (Å²) < 4.78 is 40.1. The van der Waals surface area contributed by atoms with E-state index in [-0.39, 0.29) is 5.13 Å². The lowest BCUT2D eigenvalue weighted by Crippen LogP contribution is -2.08. The van der Waals surface area contributed by atoms with Gasteiger partial charge >= 0.3 is 6.18 Å². The number of hydrogen-bond donors (Lipinski definition) is 1. The molecule has 0 aliphatic rings. The Morgan fingerprint density at radius 3 is 2.78 bits per heavy atom. The maximum Gasteiger partial charge on any atom is 0.452 e. The number of aryl methyl sites for hydroxylation is 1. The molecule has 8 heteroatoms. The van der Waals surface area contributed by atoms with E-state index in [4.69, 9.17) is 0 Å². The van der Waals surface area contributed by atoms with Crippen molar-refractivity contribution in [2.45, 2.75) is 19.6 Å². The summed E-state index contributed by atoms with van der Waals surface area (Å²) in [5.41, 5.74) is 1.92. The van der Waals surface area contributed by atoms with Crippen molar-refractivity contribution in [2.75, 3.05) is 5.32 Å². The number of rotatable bonds is 3. The predicted octanol–water partition coefficient (Wildman–Crippen LogP) is 2.87. The van der Waals surface area contributed by atoms with E-state index in [1.54, 1.807) is 18.5 Å². The summed E-state index contributed by atoms with van der Waals surface area (Å²) in [6.07, 6.45) is -1.17. The molecule has 1 N–H and O–H groups in total. The van der Waals surface area contributed by atoms with Gasteiger partial charge in [-0.3, -0.25) is 4.98 Å². The Hall–Kier alpha value is -1.70. The van der Waals surface area contributed by atoms with Crippen molar-refractivity contribution in [2.24, 2.45) is 0 Å². The van der Waals surface area contributed by atoms with Crippen LogP contribution in [-0.4, -0.2) is 14.3 Å². The van der Waals surface area contributed by atoms with Crippen LogP contribution in [0, 0.1) is 6.92 Å². The maximum atomic E-state index is 12.3. The molecular formula is C10H9F3N4S. The van der Waals surface area contributed by atoms with Crippen LogP contribution in [0.15, 0.2) is 18.5 Å². The van der Waals surface area contributed by atoms with Gasteiger partial charge in [-0.1, -0.05) is 0 Å². The van der Waals surface area contributed by atoms with Crippen molar-refractivity contribution < 1.29 is 13.2 Å². The number of alkyl halides is 3. The summed E-state index contributed by atoms with van der Waals surface area (Å²) in [5, 5.41) is 2.96. The zero-order valence-electron chi connectivity index (χ0n) is 9.32. The third-order valence-electron chi connectivity index (χ3n) is 2.25. The van der Waals surface area contributed by atoms with Gasteiger partial charge in [-0.2, -0.15) is 22.5 Å². The summed E-state index contributed by atoms with van der Waals surface area (Å²) in [7, 11) is 0. The smallest absolute Gasteiger partial charge is 0.356 e. The number of hydrogen-bond acceptors (Lipinski definition) is 5. The zero-order chi connectivity index (χ0) is 13.2. The Bertz CT molecular complexity index is 538. The minimum absolute atomic E-state index is 0.151. The van der Waals surface area contributed by atoms with E-state index in [2.05, 4.69) is 19.7 Å². The van der Waals surface area contributed by atoms with Crippen molar-refractivity contribution in [1.29, 1.82) is 0 Å². The van der Waals surface area contributed by atoms with E-state index in [0.717, 1.165) is 11.1 Å². The maximum absolute atomic E-state index is 12.3. The van der Waals surface area contributed by atoms with E-state index in [0.29, 0.717) is 18.1 Å². The third kappa shape index (κ3) is 2.95. The molecule has 96 valence electrons. The first-order valence-electron chi connectivity index (χ1n) is 5.01. The molecule has 2 rings (SSSR count). The summed E-state index contributed by atoms with van der Waals surface area (Å²) >= 11 is 0.694. The molecule has 0 amide bonds. The fraction of sp³-hybridized carbons (Fsp3) is 0.300. The highest BCUT2D eigenvalue weighted by molar-refractivity contribution is 7.09. The Labute approximate surface area is 105 Å². The van der Waals surface area contributed by atoms with E-state index >= 15 is 0 Å². The molecule has 0 spiro atoms. The van der Waals surface area contributed by atoms with Gasteiger partial charge in [0.05, 0.1) is 0 Å². The van der Waals surface area contributed by atoms with Crippen molar-refractivity contribution in [3.63, 3.8) is 0 Å². The van der Waals surface area contributed by atoms with Crippen LogP contribution in [-0.2, 0) is 12.7 Å². The van der Waals surface area contributed by atoms with Crippen LogP contribution in [0.2, 0.25) is 0 Å². The summed E-state index contributed by atoms with van der Waals surface area (Å²) in [5.74, 6) is -1.11. The van der Waals surface area contributed by atoms with Gasteiger partial charge in [-0.15, -0.1) is 0 Å². The minimum Gasteiger partial charge on any atom is -0.356 e.